The fourth-order valence-electron chi connectivity index (χ4n) is 5.29. The lowest BCUT2D eigenvalue weighted by molar-refractivity contribution is -0.141. The van der Waals surface area contributed by atoms with Crippen LogP contribution in [-0.2, 0) is 32.1 Å². The molecule has 5 amide bonds. The minimum atomic E-state index is -0.962. The van der Waals surface area contributed by atoms with Crippen LogP contribution in [0.15, 0.2) is 53.5 Å². The van der Waals surface area contributed by atoms with Crippen molar-refractivity contribution in [3.63, 3.8) is 0 Å². The molecule has 48 heavy (non-hydrogen) atoms. The van der Waals surface area contributed by atoms with Crippen molar-refractivity contribution in [3.8, 4) is 0 Å². The number of carbonyl (C=O) groups is 6. The minimum Gasteiger partial charge on any atom is -0.481 e. The summed E-state index contributed by atoms with van der Waals surface area (Å²) in [4.78, 5) is 78.7. The Balaban J connectivity index is 0.00000189. The third-order valence-electron chi connectivity index (χ3n) is 7.52. The number of guanidine groups is 1. The SMILES string of the molecule is CC(=O)O.CNC(=O)[C@H](CCCN=C(N)N)NC(=O)[C@@H](CC(C)C)C(Cc1ccc(CN2C(=O)c3ccccc3C2=O)cc1)C(=O)NO. The van der Waals surface area contributed by atoms with Gasteiger partial charge in [-0.25, -0.2) is 5.48 Å². The molecular formula is C33H45N7O8. The van der Waals surface area contributed by atoms with E-state index in [1.54, 1.807) is 54.0 Å². The maximum Gasteiger partial charge on any atom is 0.300 e. The largest absolute Gasteiger partial charge is 0.481 e. The molecule has 0 spiro atoms. The van der Waals surface area contributed by atoms with Crippen LogP contribution in [0.5, 0.6) is 0 Å². The van der Waals surface area contributed by atoms with Gasteiger partial charge in [-0.2, -0.15) is 0 Å². The van der Waals surface area contributed by atoms with E-state index < -0.39 is 41.6 Å². The third-order valence-corrected chi connectivity index (χ3v) is 7.52. The Hall–Kier alpha value is -5.31. The van der Waals surface area contributed by atoms with Crippen LogP contribution in [-0.4, -0.2) is 76.3 Å². The van der Waals surface area contributed by atoms with E-state index in [1.165, 1.54) is 11.9 Å². The number of aliphatic carboxylic acids is 1. The minimum absolute atomic E-state index is 0.0158. The summed E-state index contributed by atoms with van der Waals surface area (Å²) in [7, 11) is 1.46. The lowest BCUT2D eigenvalue weighted by Gasteiger charge is -2.28. The molecule has 0 aromatic heterocycles. The average molecular weight is 668 g/mol. The first kappa shape index (κ1) is 38.9. The predicted octanol–water partition coefficient (Wildman–Crippen LogP) is 1.18. The Bertz CT molecular complexity index is 1450. The van der Waals surface area contributed by atoms with Crippen LogP contribution in [0.4, 0.5) is 0 Å². The zero-order valence-electron chi connectivity index (χ0n) is 27.6. The van der Waals surface area contributed by atoms with E-state index in [4.69, 9.17) is 21.4 Å². The quantitative estimate of drug-likeness (QED) is 0.0357. The highest BCUT2D eigenvalue weighted by atomic mass is 16.5. The lowest BCUT2D eigenvalue weighted by Crippen LogP contribution is -2.50. The van der Waals surface area contributed by atoms with Crippen molar-refractivity contribution in [2.24, 2.45) is 34.2 Å². The summed E-state index contributed by atoms with van der Waals surface area (Å²) in [6.45, 7) is 5.26. The molecule has 2 aromatic carbocycles. The van der Waals surface area contributed by atoms with Crippen molar-refractivity contribution in [2.45, 2.75) is 59.0 Å². The predicted molar refractivity (Wildman–Crippen MR) is 176 cm³/mol. The number of carboxylic acid groups (broad SMARTS) is 1. The highest BCUT2D eigenvalue weighted by Crippen LogP contribution is 2.27. The highest BCUT2D eigenvalue weighted by molar-refractivity contribution is 6.21. The topological polar surface area (TPSA) is 247 Å². The van der Waals surface area contributed by atoms with E-state index in [2.05, 4.69) is 15.6 Å². The summed E-state index contributed by atoms with van der Waals surface area (Å²) in [5, 5.41) is 22.3. The molecular weight excluding hydrogens is 622 g/mol. The van der Waals surface area contributed by atoms with Crippen LogP contribution >= 0.6 is 0 Å². The number of amides is 5. The third kappa shape index (κ3) is 11.5. The molecule has 15 heteroatoms. The van der Waals surface area contributed by atoms with Crippen LogP contribution < -0.4 is 27.6 Å². The van der Waals surface area contributed by atoms with Gasteiger partial charge in [0, 0.05) is 20.5 Å². The van der Waals surface area contributed by atoms with Gasteiger partial charge in [-0.05, 0) is 54.9 Å². The van der Waals surface area contributed by atoms with E-state index in [1.807, 2.05) is 13.8 Å². The number of hydrogen-bond acceptors (Lipinski definition) is 8. The number of aliphatic imine (C=N–C) groups is 1. The van der Waals surface area contributed by atoms with E-state index >= 15 is 0 Å². The number of nitrogens with two attached hydrogens (primary N) is 2. The molecule has 1 unspecified atom stereocenters. The number of hydroxylamine groups is 1. The van der Waals surface area contributed by atoms with Gasteiger partial charge in [0.05, 0.1) is 29.5 Å². The molecule has 1 heterocycles. The van der Waals surface area contributed by atoms with Crippen molar-refractivity contribution in [1.82, 2.24) is 21.0 Å². The van der Waals surface area contributed by atoms with Crippen LogP contribution in [0, 0.1) is 17.8 Å². The van der Waals surface area contributed by atoms with Gasteiger partial charge in [-0.3, -0.25) is 43.9 Å². The first-order chi connectivity index (χ1) is 22.7. The number of carbonyl (C=O) groups excluding carboxylic acids is 5. The molecule has 0 fully saturated rings. The summed E-state index contributed by atoms with van der Waals surface area (Å²) in [6, 6.07) is 12.8. The maximum atomic E-state index is 13.6. The zero-order valence-corrected chi connectivity index (χ0v) is 27.6. The van der Waals surface area contributed by atoms with Crippen LogP contribution in [0.1, 0.15) is 71.9 Å². The Labute approximate surface area is 279 Å². The number of rotatable bonds is 15. The molecule has 0 aliphatic carbocycles. The van der Waals surface area contributed by atoms with Crippen LogP contribution in [0.2, 0.25) is 0 Å². The molecule has 1 aliphatic rings. The van der Waals surface area contributed by atoms with Gasteiger partial charge in [0.25, 0.3) is 17.8 Å². The van der Waals surface area contributed by atoms with Gasteiger partial charge in [-0.1, -0.05) is 50.2 Å². The van der Waals surface area contributed by atoms with Crippen molar-refractivity contribution in [3.05, 3.63) is 70.8 Å². The highest BCUT2D eigenvalue weighted by Gasteiger charge is 2.37. The number of nitrogens with one attached hydrogen (secondary N) is 3. The molecule has 0 saturated carbocycles. The van der Waals surface area contributed by atoms with Gasteiger partial charge in [0.2, 0.25) is 17.7 Å². The molecule has 15 nitrogen and oxygen atoms in total. The van der Waals surface area contributed by atoms with Gasteiger partial charge in [-0.15, -0.1) is 0 Å². The second-order valence-corrected chi connectivity index (χ2v) is 11.7. The molecule has 0 radical (unpaired) electrons. The Morgan fingerprint density at radius 2 is 1.42 bits per heavy atom. The zero-order chi connectivity index (χ0) is 36.0. The lowest BCUT2D eigenvalue weighted by atomic mass is 9.80. The van der Waals surface area contributed by atoms with Crippen molar-refractivity contribution < 1.29 is 39.1 Å². The number of carboxylic acids is 1. The van der Waals surface area contributed by atoms with Gasteiger partial charge in [0.1, 0.15) is 6.04 Å². The van der Waals surface area contributed by atoms with Crippen molar-refractivity contribution in [1.29, 1.82) is 0 Å². The molecule has 0 saturated heterocycles. The summed E-state index contributed by atoms with van der Waals surface area (Å²) in [5.74, 6) is -5.06. The number of imide groups is 1. The normalized spacial score (nSPS) is 13.8. The summed E-state index contributed by atoms with van der Waals surface area (Å²) < 4.78 is 0. The smallest absolute Gasteiger partial charge is 0.300 e. The molecule has 1 aliphatic heterocycles. The van der Waals surface area contributed by atoms with Gasteiger partial charge >= 0.3 is 0 Å². The Kier molecular flexibility index (Phi) is 15.2. The molecule has 2 aromatic rings. The van der Waals surface area contributed by atoms with E-state index in [0.717, 1.165) is 6.92 Å². The van der Waals surface area contributed by atoms with Crippen molar-refractivity contribution >= 4 is 41.5 Å². The first-order valence-corrected chi connectivity index (χ1v) is 15.4. The fourth-order valence-corrected chi connectivity index (χ4v) is 5.29. The van der Waals surface area contributed by atoms with Gasteiger partial charge in [0.15, 0.2) is 5.96 Å². The van der Waals surface area contributed by atoms with E-state index in [9.17, 15) is 29.2 Å². The summed E-state index contributed by atoms with van der Waals surface area (Å²) >= 11 is 0. The summed E-state index contributed by atoms with van der Waals surface area (Å²) in [5.41, 5.74) is 14.6. The summed E-state index contributed by atoms with van der Waals surface area (Å²) in [6.07, 6.45) is 1.12. The molecule has 0 bridgehead atoms. The average Bonchev–Trinajstić information content (AvgIpc) is 3.28. The second-order valence-electron chi connectivity index (χ2n) is 11.7. The van der Waals surface area contributed by atoms with Crippen LogP contribution in [0.3, 0.4) is 0 Å². The van der Waals surface area contributed by atoms with E-state index in [0.29, 0.717) is 35.1 Å². The molecule has 3 atom stereocenters. The molecule has 260 valence electrons. The molecule has 3 rings (SSSR count). The fraction of sp³-hybridized carbons (Fsp3) is 0.424. The van der Waals surface area contributed by atoms with Gasteiger partial charge < -0.3 is 27.2 Å². The number of fused-ring (bicyclic) bond motifs is 1. The molecule has 9 N–H and O–H groups in total. The standard InChI is InChI=1S/C31H41N7O6.C2H4O2/c1-18(2)15-23(26(39)36-25(28(41)34-3)9-6-14-35-31(32)33)24(27(40)37-44)16-19-10-12-20(13-11-19)17-38-29(42)21-7-4-5-8-22(21)30(38)43;1-2(3)4/h4-5,7-8,10-13,18,23-25,44H,6,9,14-17H2,1-3H3,(H,34,41)(H,36,39)(H,37,40)(H4,32,33,35);1H3,(H,3,4)/t23-,24?,25-;/m0./s1. The Morgan fingerprint density at radius 3 is 1.90 bits per heavy atom. The van der Waals surface area contributed by atoms with Crippen LogP contribution in [0.25, 0.3) is 0 Å². The van der Waals surface area contributed by atoms with E-state index in [-0.39, 0.29) is 49.6 Å². The monoisotopic (exact) mass is 667 g/mol. The number of nitrogens with zero attached hydrogens (tertiary/aromatic N) is 2. The maximum absolute atomic E-state index is 13.6. The van der Waals surface area contributed by atoms with Crippen molar-refractivity contribution in [2.75, 3.05) is 13.6 Å². The number of hydrogen-bond donors (Lipinski definition) is 7. The number of benzene rings is 2. The second kappa shape index (κ2) is 18.7. The Morgan fingerprint density at radius 1 is 0.875 bits per heavy atom. The first-order valence-electron chi connectivity index (χ1n) is 15.4. The number of likely N-dealkylation sites (N-methyl/N-ethyl adjacent to an activating group) is 1.